The van der Waals surface area contributed by atoms with Crippen LogP contribution in [0.5, 0.6) is 0 Å². The molecule has 5 nitrogen and oxygen atoms in total. The number of hydrogen-bond acceptors (Lipinski definition) is 4. The van der Waals surface area contributed by atoms with Gasteiger partial charge in [-0.25, -0.2) is 4.98 Å². The van der Waals surface area contributed by atoms with Crippen LogP contribution in [-0.4, -0.2) is 34.8 Å². The molecule has 1 aliphatic heterocycles. The molecule has 126 valence electrons. The van der Waals surface area contributed by atoms with Crippen molar-refractivity contribution in [2.24, 2.45) is 0 Å². The number of rotatable bonds is 3. The molecule has 0 saturated carbocycles. The van der Waals surface area contributed by atoms with Crippen LogP contribution in [0, 0.1) is 13.8 Å². The van der Waals surface area contributed by atoms with Gasteiger partial charge < -0.3 is 4.90 Å². The van der Waals surface area contributed by atoms with Crippen molar-refractivity contribution in [3.05, 3.63) is 46.0 Å². The van der Waals surface area contributed by atoms with Crippen LogP contribution < -0.4 is 5.32 Å². The largest absolute Gasteiger partial charge is 0.338 e. The van der Waals surface area contributed by atoms with Crippen molar-refractivity contribution in [1.29, 1.82) is 0 Å². The normalized spacial score (nSPS) is 14.5. The number of carbonyl (C=O) groups is 2. The summed E-state index contributed by atoms with van der Waals surface area (Å²) in [6.45, 7) is 5.37. The van der Waals surface area contributed by atoms with Gasteiger partial charge >= 0.3 is 0 Å². The van der Waals surface area contributed by atoms with E-state index in [1.54, 1.807) is 6.07 Å². The predicted octanol–water partition coefficient (Wildman–Crippen LogP) is 3.64. The number of hydrogen-bond donors (Lipinski definition) is 1. The molecule has 24 heavy (non-hydrogen) atoms. The fraction of sp³-hybridized carbons (Fsp3) is 0.389. The fourth-order valence-electron chi connectivity index (χ4n) is 2.84. The molecule has 3 rings (SSSR count). The van der Waals surface area contributed by atoms with Gasteiger partial charge in [0.15, 0.2) is 5.13 Å². The molecule has 0 bridgehead atoms. The van der Waals surface area contributed by atoms with Crippen molar-refractivity contribution < 1.29 is 9.59 Å². The van der Waals surface area contributed by atoms with Gasteiger partial charge in [-0.05, 0) is 45.2 Å². The summed E-state index contributed by atoms with van der Waals surface area (Å²) in [6, 6.07) is 7.39. The van der Waals surface area contributed by atoms with Crippen LogP contribution in [0.4, 0.5) is 5.13 Å². The summed E-state index contributed by atoms with van der Waals surface area (Å²) < 4.78 is 0. The average Bonchev–Trinajstić information content (AvgIpc) is 2.95. The summed E-state index contributed by atoms with van der Waals surface area (Å²) in [7, 11) is 0. The third-order valence-electron chi connectivity index (χ3n) is 4.13. The molecule has 1 N–H and O–H groups in total. The highest BCUT2D eigenvalue weighted by atomic mass is 32.1. The molecule has 0 unspecified atom stereocenters. The van der Waals surface area contributed by atoms with Crippen LogP contribution in [0.25, 0.3) is 0 Å². The zero-order valence-corrected chi connectivity index (χ0v) is 14.8. The molecule has 0 radical (unpaired) electrons. The van der Waals surface area contributed by atoms with Crippen molar-refractivity contribution in [2.75, 3.05) is 18.4 Å². The van der Waals surface area contributed by atoms with E-state index in [1.807, 2.05) is 36.9 Å². The average molecular weight is 343 g/mol. The van der Waals surface area contributed by atoms with Crippen LogP contribution in [0.1, 0.15) is 50.5 Å². The molecular weight excluding hydrogens is 322 g/mol. The smallest absolute Gasteiger partial charge is 0.265 e. The minimum absolute atomic E-state index is 0.0285. The van der Waals surface area contributed by atoms with Gasteiger partial charge in [-0.2, -0.15) is 0 Å². The number of anilines is 1. The summed E-state index contributed by atoms with van der Waals surface area (Å²) >= 11 is 1.25. The van der Waals surface area contributed by atoms with Crippen LogP contribution in [0.2, 0.25) is 0 Å². The van der Waals surface area contributed by atoms with Gasteiger partial charge in [0.05, 0.1) is 5.69 Å². The van der Waals surface area contributed by atoms with Gasteiger partial charge in [0.2, 0.25) is 0 Å². The molecule has 0 aliphatic carbocycles. The summed E-state index contributed by atoms with van der Waals surface area (Å²) in [5.41, 5.74) is 2.29. The lowest BCUT2D eigenvalue weighted by Crippen LogP contribution is -2.35. The van der Waals surface area contributed by atoms with Crippen molar-refractivity contribution in [2.45, 2.75) is 33.1 Å². The van der Waals surface area contributed by atoms with Crippen molar-refractivity contribution >= 4 is 28.3 Å². The number of nitrogens with zero attached hydrogens (tertiary/aromatic N) is 2. The van der Waals surface area contributed by atoms with Gasteiger partial charge in [-0.1, -0.05) is 29.0 Å². The monoisotopic (exact) mass is 343 g/mol. The number of piperidine rings is 1. The Balaban J connectivity index is 1.74. The Hall–Kier alpha value is -2.21. The first kappa shape index (κ1) is 16.6. The predicted molar refractivity (Wildman–Crippen MR) is 95.7 cm³/mol. The first-order chi connectivity index (χ1) is 11.5. The minimum Gasteiger partial charge on any atom is -0.338 e. The van der Waals surface area contributed by atoms with E-state index in [9.17, 15) is 9.59 Å². The highest BCUT2D eigenvalue weighted by molar-refractivity contribution is 7.17. The highest BCUT2D eigenvalue weighted by Gasteiger charge is 2.23. The van der Waals surface area contributed by atoms with E-state index in [1.165, 1.54) is 17.8 Å². The number of aromatic nitrogens is 1. The van der Waals surface area contributed by atoms with Gasteiger partial charge in [0.25, 0.3) is 11.8 Å². The summed E-state index contributed by atoms with van der Waals surface area (Å²) in [5.74, 6) is -0.176. The third-order valence-corrected chi connectivity index (χ3v) is 5.20. The molecule has 2 amide bonds. The van der Waals surface area contributed by atoms with Crippen LogP contribution in [-0.2, 0) is 0 Å². The molecule has 0 atom stereocenters. The molecular formula is C18H21N3O2S. The zero-order valence-electron chi connectivity index (χ0n) is 14.0. The topological polar surface area (TPSA) is 62.3 Å². The molecule has 1 aliphatic rings. The molecule has 2 heterocycles. The van der Waals surface area contributed by atoms with Gasteiger partial charge in [0.1, 0.15) is 4.88 Å². The van der Waals surface area contributed by atoms with Gasteiger partial charge in [-0.3, -0.25) is 14.9 Å². The maximum absolute atomic E-state index is 12.6. The van der Waals surface area contributed by atoms with E-state index in [0.717, 1.165) is 31.5 Å². The van der Waals surface area contributed by atoms with Crippen LogP contribution in [0.3, 0.4) is 0 Å². The van der Waals surface area contributed by atoms with Crippen LogP contribution in [0.15, 0.2) is 24.3 Å². The molecule has 0 spiro atoms. The summed E-state index contributed by atoms with van der Waals surface area (Å²) in [6.07, 6.45) is 3.30. The number of thiazole rings is 1. The quantitative estimate of drug-likeness (QED) is 0.925. The Morgan fingerprint density at radius 3 is 2.62 bits per heavy atom. The Labute approximate surface area is 145 Å². The number of benzene rings is 1. The van der Waals surface area contributed by atoms with Crippen molar-refractivity contribution in [3.63, 3.8) is 0 Å². The minimum atomic E-state index is -0.204. The third kappa shape index (κ3) is 3.64. The molecule has 1 aromatic heterocycles. The lowest BCUT2D eigenvalue weighted by Gasteiger charge is -2.26. The lowest BCUT2D eigenvalue weighted by molar-refractivity contribution is 0.0728. The number of likely N-dealkylation sites (tertiary alicyclic amines) is 1. The Bertz CT molecular complexity index is 763. The standard InChI is InChI=1S/C18H21N3O2S/c1-12-7-6-8-14(11-12)16(22)20-18-19-13(2)15(24-18)17(23)21-9-4-3-5-10-21/h6-8,11H,3-5,9-10H2,1-2H3,(H,19,20,22). The Morgan fingerprint density at radius 1 is 1.17 bits per heavy atom. The maximum atomic E-state index is 12.6. The van der Waals surface area contributed by atoms with Crippen molar-refractivity contribution in [3.8, 4) is 0 Å². The first-order valence-electron chi connectivity index (χ1n) is 8.19. The number of carbonyl (C=O) groups excluding carboxylic acids is 2. The van der Waals surface area contributed by atoms with E-state index in [0.29, 0.717) is 21.3 Å². The number of nitrogens with one attached hydrogen (secondary N) is 1. The summed E-state index contributed by atoms with van der Waals surface area (Å²) in [4.78, 5) is 31.8. The van der Waals surface area contributed by atoms with Gasteiger partial charge in [0, 0.05) is 18.7 Å². The molecule has 2 aromatic rings. The van der Waals surface area contributed by atoms with E-state index in [2.05, 4.69) is 10.3 Å². The SMILES string of the molecule is Cc1cccc(C(=O)Nc2nc(C)c(C(=O)N3CCCCC3)s2)c1. The second-order valence-electron chi connectivity index (χ2n) is 6.11. The van der Waals surface area contributed by atoms with E-state index in [-0.39, 0.29) is 11.8 Å². The number of amides is 2. The second-order valence-corrected chi connectivity index (χ2v) is 7.11. The lowest BCUT2D eigenvalue weighted by atomic mass is 10.1. The highest BCUT2D eigenvalue weighted by Crippen LogP contribution is 2.25. The fourth-order valence-corrected chi connectivity index (χ4v) is 3.77. The first-order valence-corrected chi connectivity index (χ1v) is 9.01. The molecule has 1 fully saturated rings. The van der Waals surface area contributed by atoms with E-state index in [4.69, 9.17) is 0 Å². The molecule has 1 saturated heterocycles. The molecule has 6 heteroatoms. The van der Waals surface area contributed by atoms with Crippen LogP contribution >= 0.6 is 11.3 Å². The van der Waals surface area contributed by atoms with Gasteiger partial charge in [-0.15, -0.1) is 0 Å². The number of aryl methyl sites for hydroxylation is 2. The Morgan fingerprint density at radius 2 is 1.92 bits per heavy atom. The Kier molecular flexibility index (Phi) is 4.94. The maximum Gasteiger partial charge on any atom is 0.265 e. The second kappa shape index (κ2) is 7.13. The molecule has 1 aromatic carbocycles. The van der Waals surface area contributed by atoms with E-state index < -0.39 is 0 Å². The van der Waals surface area contributed by atoms with Crippen molar-refractivity contribution in [1.82, 2.24) is 9.88 Å². The van der Waals surface area contributed by atoms with E-state index >= 15 is 0 Å². The summed E-state index contributed by atoms with van der Waals surface area (Å²) in [5, 5.41) is 3.27. The zero-order chi connectivity index (χ0) is 17.1.